The van der Waals surface area contributed by atoms with Crippen LogP contribution in [0.3, 0.4) is 0 Å². The molecule has 0 unspecified atom stereocenters. The number of hydrogen-bond donors (Lipinski definition) is 1. The van der Waals surface area contributed by atoms with Gasteiger partial charge in [0.15, 0.2) is 0 Å². The van der Waals surface area contributed by atoms with E-state index in [9.17, 15) is 0 Å². The molecular weight excluding hydrogens is 272 g/mol. The van der Waals surface area contributed by atoms with Crippen molar-refractivity contribution in [3.8, 4) is 0 Å². The van der Waals surface area contributed by atoms with Crippen molar-refractivity contribution in [2.75, 3.05) is 6.61 Å². The molecule has 0 aliphatic heterocycles. The van der Waals surface area contributed by atoms with Crippen molar-refractivity contribution in [3.63, 3.8) is 0 Å². The number of rotatable bonds is 5. The number of thioether (sulfide) groups is 1. The van der Waals surface area contributed by atoms with Crippen molar-refractivity contribution in [1.29, 1.82) is 0 Å². The first-order chi connectivity index (χ1) is 9.50. The Morgan fingerprint density at radius 1 is 1.20 bits per heavy atom. The molecule has 0 amide bonds. The van der Waals surface area contributed by atoms with E-state index >= 15 is 0 Å². The van der Waals surface area contributed by atoms with E-state index in [-0.39, 0.29) is 12.0 Å². The van der Waals surface area contributed by atoms with Crippen molar-refractivity contribution in [2.45, 2.75) is 43.6 Å². The third kappa shape index (κ3) is 3.80. The Morgan fingerprint density at radius 2 is 1.90 bits per heavy atom. The molecule has 2 aromatic rings. The van der Waals surface area contributed by atoms with Gasteiger partial charge in [0.2, 0.25) is 5.16 Å². The van der Waals surface area contributed by atoms with E-state index in [0.29, 0.717) is 6.54 Å². The average Bonchev–Trinajstić information content (AvgIpc) is 2.84. The number of aliphatic hydroxyl groups is 1. The smallest absolute Gasteiger partial charge is 0.209 e. The Labute approximate surface area is 123 Å². The van der Waals surface area contributed by atoms with Gasteiger partial charge in [-0.15, -0.1) is 5.10 Å². The fourth-order valence-electron chi connectivity index (χ4n) is 1.78. The van der Waals surface area contributed by atoms with Gasteiger partial charge in [-0.1, -0.05) is 56.8 Å². The number of benzene rings is 1. The van der Waals surface area contributed by atoms with Crippen LogP contribution < -0.4 is 0 Å². The van der Waals surface area contributed by atoms with Gasteiger partial charge in [-0.05, 0) is 27.0 Å². The highest BCUT2D eigenvalue weighted by Gasteiger charge is 2.13. The van der Waals surface area contributed by atoms with E-state index in [2.05, 4.69) is 60.6 Å². The zero-order valence-corrected chi connectivity index (χ0v) is 12.9. The number of aromatic nitrogens is 4. The van der Waals surface area contributed by atoms with Crippen LogP contribution in [0.25, 0.3) is 0 Å². The van der Waals surface area contributed by atoms with Crippen LogP contribution in [0.4, 0.5) is 0 Å². The summed E-state index contributed by atoms with van der Waals surface area (Å²) in [5.41, 5.74) is 2.74. The molecule has 1 heterocycles. The highest BCUT2D eigenvalue weighted by atomic mass is 32.2. The third-order valence-corrected chi connectivity index (χ3v) is 4.03. The minimum absolute atomic E-state index is 0.0406. The van der Waals surface area contributed by atoms with Crippen LogP contribution in [0, 0.1) is 0 Å². The molecule has 2 rings (SSSR count). The third-order valence-electron chi connectivity index (χ3n) is 3.00. The zero-order chi connectivity index (χ0) is 14.6. The fraction of sp³-hybridized carbons (Fsp3) is 0.500. The molecule has 108 valence electrons. The number of nitrogens with zero attached hydrogens (tertiary/aromatic N) is 4. The predicted molar refractivity (Wildman–Crippen MR) is 79.6 cm³/mol. The molecule has 0 saturated carbocycles. The predicted octanol–water partition coefficient (Wildman–Crippen LogP) is 2.26. The largest absolute Gasteiger partial charge is 0.394 e. The minimum atomic E-state index is 0.0406. The molecular formula is C14H20N4OS. The maximum Gasteiger partial charge on any atom is 0.209 e. The summed E-state index contributed by atoms with van der Waals surface area (Å²) in [7, 11) is 0. The van der Waals surface area contributed by atoms with E-state index in [1.54, 1.807) is 16.4 Å². The maximum absolute atomic E-state index is 8.93. The lowest BCUT2D eigenvalue weighted by Crippen LogP contribution is -2.10. The molecule has 0 saturated heterocycles. The van der Waals surface area contributed by atoms with Crippen LogP contribution >= 0.6 is 11.8 Å². The number of tetrazole rings is 1. The second-order valence-corrected chi connectivity index (χ2v) is 6.59. The summed E-state index contributed by atoms with van der Waals surface area (Å²) in [6, 6.07) is 8.64. The summed E-state index contributed by atoms with van der Waals surface area (Å²) in [6.45, 7) is 7.09. The molecule has 0 aliphatic carbocycles. The summed E-state index contributed by atoms with van der Waals surface area (Å²) in [6.07, 6.45) is 0. The minimum Gasteiger partial charge on any atom is -0.394 e. The van der Waals surface area contributed by atoms with E-state index < -0.39 is 0 Å². The zero-order valence-electron chi connectivity index (χ0n) is 12.1. The molecule has 1 aromatic heterocycles. The van der Waals surface area contributed by atoms with Gasteiger partial charge in [0.25, 0.3) is 0 Å². The summed E-state index contributed by atoms with van der Waals surface area (Å²) in [5, 5.41) is 21.1. The quantitative estimate of drug-likeness (QED) is 0.856. The van der Waals surface area contributed by atoms with Gasteiger partial charge in [0, 0.05) is 5.75 Å². The Bertz CT molecular complexity index is 545. The van der Waals surface area contributed by atoms with Gasteiger partial charge >= 0.3 is 0 Å². The van der Waals surface area contributed by atoms with E-state index in [1.165, 1.54) is 11.1 Å². The first-order valence-corrected chi connectivity index (χ1v) is 7.58. The molecule has 0 spiro atoms. The first-order valence-electron chi connectivity index (χ1n) is 6.60. The molecule has 0 bridgehead atoms. The lowest BCUT2D eigenvalue weighted by atomic mass is 9.87. The molecule has 0 fully saturated rings. The van der Waals surface area contributed by atoms with Gasteiger partial charge in [-0.3, -0.25) is 0 Å². The van der Waals surface area contributed by atoms with E-state index in [4.69, 9.17) is 5.11 Å². The van der Waals surface area contributed by atoms with Crippen molar-refractivity contribution in [1.82, 2.24) is 20.2 Å². The molecule has 1 aromatic carbocycles. The van der Waals surface area contributed by atoms with Gasteiger partial charge < -0.3 is 5.11 Å². The van der Waals surface area contributed by atoms with Crippen LogP contribution in [0.5, 0.6) is 0 Å². The lowest BCUT2D eigenvalue weighted by Gasteiger charge is -2.19. The van der Waals surface area contributed by atoms with Crippen LogP contribution in [-0.4, -0.2) is 31.9 Å². The van der Waals surface area contributed by atoms with Crippen LogP contribution in [0.15, 0.2) is 29.4 Å². The normalized spacial score (nSPS) is 11.8. The molecule has 5 nitrogen and oxygen atoms in total. The van der Waals surface area contributed by atoms with Gasteiger partial charge in [-0.25, -0.2) is 4.68 Å². The fourth-order valence-corrected chi connectivity index (χ4v) is 2.64. The van der Waals surface area contributed by atoms with Gasteiger partial charge in [-0.2, -0.15) is 0 Å². The van der Waals surface area contributed by atoms with Crippen LogP contribution in [0.2, 0.25) is 0 Å². The maximum atomic E-state index is 8.93. The summed E-state index contributed by atoms with van der Waals surface area (Å²) >= 11 is 1.58. The van der Waals surface area contributed by atoms with Gasteiger partial charge in [0.05, 0.1) is 13.2 Å². The van der Waals surface area contributed by atoms with E-state index in [1.807, 2.05) is 0 Å². The van der Waals surface area contributed by atoms with Gasteiger partial charge in [0.1, 0.15) is 0 Å². The second kappa shape index (κ2) is 6.37. The van der Waals surface area contributed by atoms with E-state index in [0.717, 1.165) is 10.9 Å². The number of aliphatic hydroxyl groups excluding tert-OH is 1. The average molecular weight is 292 g/mol. The first kappa shape index (κ1) is 15.0. The summed E-state index contributed by atoms with van der Waals surface area (Å²) in [5.74, 6) is 0.816. The Hall–Kier alpha value is -1.40. The monoisotopic (exact) mass is 292 g/mol. The SMILES string of the molecule is CC(C)(C)c1ccc(CSc2nnnn2CCO)cc1. The topological polar surface area (TPSA) is 63.8 Å². The van der Waals surface area contributed by atoms with Crippen molar-refractivity contribution in [2.24, 2.45) is 0 Å². The second-order valence-electron chi connectivity index (χ2n) is 5.64. The lowest BCUT2D eigenvalue weighted by molar-refractivity contribution is 0.262. The highest BCUT2D eigenvalue weighted by Crippen LogP contribution is 2.24. The molecule has 6 heteroatoms. The summed E-state index contributed by atoms with van der Waals surface area (Å²) < 4.78 is 1.62. The Kier molecular flexibility index (Phi) is 4.77. The highest BCUT2D eigenvalue weighted by molar-refractivity contribution is 7.98. The van der Waals surface area contributed by atoms with Crippen LogP contribution in [0.1, 0.15) is 31.9 Å². The number of hydrogen-bond acceptors (Lipinski definition) is 5. The van der Waals surface area contributed by atoms with Crippen molar-refractivity contribution < 1.29 is 5.11 Å². The molecule has 0 atom stereocenters. The molecule has 0 aliphatic rings. The summed E-state index contributed by atoms with van der Waals surface area (Å²) in [4.78, 5) is 0. The standard InChI is InChI=1S/C14H20N4OS/c1-14(2,3)12-6-4-11(5-7-12)10-20-13-15-16-17-18(13)8-9-19/h4-7,19H,8-10H2,1-3H3. The van der Waals surface area contributed by atoms with Crippen molar-refractivity contribution >= 4 is 11.8 Å². The molecule has 20 heavy (non-hydrogen) atoms. The van der Waals surface area contributed by atoms with Crippen LogP contribution in [-0.2, 0) is 17.7 Å². The Morgan fingerprint density at radius 3 is 2.50 bits per heavy atom. The Balaban J connectivity index is 1.99. The van der Waals surface area contributed by atoms with Crippen molar-refractivity contribution in [3.05, 3.63) is 35.4 Å². The molecule has 0 radical (unpaired) electrons. The molecule has 1 N–H and O–H groups in total.